The van der Waals surface area contributed by atoms with Gasteiger partial charge in [0.2, 0.25) is 0 Å². The van der Waals surface area contributed by atoms with Crippen molar-refractivity contribution in [1.82, 2.24) is 9.88 Å². The van der Waals surface area contributed by atoms with Gasteiger partial charge in [-0.3, -0.25) is 0 Å². The number of carboxylic acid groups (broad SMARTS) is 1. The van der Waals surface area contributed by atoms with E-state index in [1.807, 2.05) is 86.9 Å². The number of rotatable bonds is 8. The third-order valence-corrected chi connectivity index (χ3v) is 4.93. The van der Waals surface area contributed by atoms with Gasteiger partial charge < -0.3 is 19.7 Å². The molecule has 2 aromatic carbocycles. The van der Waals surface area contributed by atoms with Crippen LogP contribution in [-0.2, 0) is 13.1 Å². The van der Waals surface area contributed by atoms with Crippen LogP contribution in [-0.4, -0.2) is 21.7 Å². The Morgan fingerprint density at radius 1 is 1.00 bits per heavy atom. The minimum atomic E-state index is -0.896. The van der Waals surface area contributed by atoms with E-state index in [0.717, 1.165) is 34.0 Å². The van der Waals surface area contributed by atoms with Crippen molar-refractivity contribution in [3.05, 3.63) is 82.7 Å². The van der Waals surface area contributed by atoms with Crippen molar-refractivity contribution >= 4 is 5.97 Å². The fourth-order valence-electron chi connectivity index (χ4n) is 3.65. The van der Waals surface area contributed by atoms with Crippen LogP contribution in [0.15, 0.2) is 54.6 Å². The van der Waals surface area contributed by atoms with E-state index in [4.69, 9.17) is 4.74 Å². The van der Waals surface area contributed by atoms with Gasteiger partial charge in [-0.2, -0.15) is 0 Å². The highest BCUT2D eigenvalue weighted by Gasteiger charge is 2.22. The van der Waals surface area contributed by atoms with E-state index in [0.29, 0.717) is 18.7 Å². The summed E-state index contributed by atoms with van der Waals surface area (Å²) < 4.78 is 7.68. The van der Waals surface area contributed by atoms with Crippen molar-refractivity contribution in [2.24, 2.45) is 0 Å². The van der Waals surface area contributed by atoms with Gasteiger partial charge >= 0.3 is 5.97 Å². The molecule has 3 rings (SSSR count). The molecule has 1 heterocycles. The van der Waals surface area contributed by atoms with Crippen LogP contribution < -0.4 is 10.1 Å². The molecule has 3 aromatic rings. The molecule has 0 spiro atoms. The summed E-state index contributed by atoms with van der Waals surface area (Å²) in [5.74, 6) is -0.0458. The highest BCUT2D eigenvalue weighted by atomic mass is 16.5. The second-order valence-corrected chi connectivity index (χ2v) is 7.41. The number of para-hydroxylation sites is 1. The molecule has 5 nitrogen and oxygen atoms in total. The van der Waals surface area contributed by atoms with Gasteiger partial charge in [-0.05, 0) is 57.5 Å². The predicted octanol–water partition coefficient (Wildman–Crippen LogP) is 4.87. The zero-order chi connectivity index (χ0) is 21.0. The Morgan fingerprint density at radius 3 is 2.24 bits per heavy atom. The maximum atomic E-state index is 11.9. The van der Waals surface area contributed by atoms with Gasteiger partial charge in [0.15, 0.2) is 0 Å². The first kappa shape index (κ1) is 20.7. The summed E-state index contributed by atoms with van der Waals surface area (Å²) in [5, 5.41) is 13.2. The van der Waals surface area contributed by atoms with E-state index in [9.17, 15) is 9.90 Å². The van der Waals surface area contributed by atoms with Crippen LogP contribution in [0.4, 0.5) is 0 Å². The lowest BCUT2D eigenvalue weighted by atomic mass is 10.1. The summed E-state index contributed by atoms with van der Waals surface area (Å²) >= 11 is 0. The smallest absolute Gasteiger partial charge is 0.337 e. The van der Waals surface area contributed by atoms with Crippen molar-refractivity contribution in [2.45, 2.75) is 46.9 Å². The van der Waals surface area contributed by atoms with Crippen molar-refractivity contribution in [1.29, 1.82) is 0 Å². The highest BCUT2D eigenvalue weighted by Crippen LogP contribution is 2.26. The summed E-state index contributed by atoms with van der Waals surface area (Å²) in [6, 6.07) is 17.8. The molecule has 2 N–H and O–H groups in total. The summed E-state index contributed by atoms with van der Waals surface area (Å²) in [6.07, 6.45) is 0.147. The van der Waals surface area contributed by atoms with E-state index in [1.165, 1.54) is 0 Å². The van der Waals surface area contributed by atoms with Crippen LogP contribution in [0.2, 0.25) is 0 Å². The number of nitrogens with one attached hydrogen (secondary N) is 1. The summed E-state index contributed by atoms with van der Waals surface area (Å²) in [5.41, 5.74) is 4.97. The van der Waals surface area contributed by atoms with Crippen LogP contribution in [0.25, 0.3) is 5.69 Å². The standard InChI is InChI=1S/C24H28N2O3/c1-16(2)29-21-12-10-19(11-13-21)14-25-15-22-17(3)26(18(4)23(22)24(27)28)20-8-6-5-7-9-20/h5-13,16,25H,14-15H2,1-4H3,(H,27,28). The number of ether oxygens (including phenoxy) is 1. The summed E-state index contributed by atoms with van der Waals surface area (Å²) in [6.45, 7) is 8.97. The molecule has 0 atom stereocenters. The molecule has 0 bridgehead atoms. The Balaban J connectivity index is 1.78. The highest BCUT2D eigenvalue weighted by molar-refractivity contribution is 5.91. The monoisotopic (exact) mass is 392 g/mol. The molecular formula is C24H28N2O3. The van der Waals surface area contributed by atoms with Gasteiger partial charge in [0.05, 0.1) is 11.7 Å². The molecular weight excluding hydrogens is 364 g/mol. The van der Waals surface area contributed by atoms with Crippen molar-refractivity contribution in [3.63, 3.8) is 0 Å². The van der Waals surface area contributed by atoms with Crippen LogP contribution in [0.1, 0.15) is 46.7 Å². The summed E-state index contributed by atoms with van der Waals surface area (Å²) in [7, 11) is 0. The fraction of sp³-hybridized carbons (Fsp3) is 0.292. The molecule has 1 aromatic heterocycles. The minimum absolute atomic E-state index is 0.147. The Bertz CT molecular complexity index is 974. The Kier molecular flexibility index (Phi) is 6.39. The normalized spacial score (nSPS) is 11.1. The van der Waals surface area contributed by atoms with E-state index >= 15 is 0 Å². The van der Waals surface area contributed by atoms with Gasteiger partial charge in [-0.15, -0.1) is 0 Å². The quantitative estimate of drug-likeness (QED) is 0.574. The first-order chi connectivity index (χ1) is 13.9. The number of hydrogen-bond donors (Lipinski definition) is 2. The number of aromatic carboxylic acids is 1. The van der Waals surface area contributed by atoms with E-state index in [1.54, 1.807) is 0 Å². The van der Waals surface area contributed by atoms with Gasteiger partial charge in [0.25, 0.3) is 0 Å². The Hall–Kier alpha value is -3.05. The number of carboxylic acids is 1. The molecule has 0 fully saturated rings. The maximum Gasteiger partial charge on any atom is 0.337 e. The number of nitrogens with zero attached hydrogens (tertiary/aromatic N) is 1. The molecule has 0 saturated heterocycles. The third kappa shape index (κ3) is 4.69. The average molecular weight is 392 g/mol. The molecule has 0 aliphatic rings. The average Bonchev–Trinajstić information content (AvgIpc) is 2.93. The van der Waals surface area contributed by atoms with Gasteiger partial charge in [0, 0.05) is 35.7 Å². The minimum Gasteiger partial charge on any atom is -0.491 e. The third-order valence-electron chi connectivity index (χ3n) is 4.93. The second-order valence-electron chi connectivity index (χ2n) is 7.41. The first-order valence-corrected chi connectivity index (χ1v) is 9.84. The zero-order valence-corrected chi connectivity index (χ0v) is 17.4. The number of carbonyl (C=O) groups is 1. The fourth-order valence-corrected chi connectivity index (χ4v) is 3.65. The van der Waals surface area contributed by atoms with Crippen molar-refractivity contribution < 1.29 is 14.6 Å². The molecule has 152 valence electrons. The van der Waals surface area contributed by atoms with Gasteiger partial charge in [-0.25, -0.2) is 4.79 Å². The summed E-state index contributed by atoms with van der Waals surface area (Å²) in [4.78, 5) is 11.9. The van der Waals surface area contributed by atoms with Crippen LogP contribution in [0.5, 0.6) is 5.75 Å². The van der Waals surface area contributed by atoms with Gasteiger partial charge in [-0.1, -0.05) is 30.3 Å². The molecule has 0 aliphatic carbocycles. The first-order valence-electron chi connectivity index (χ1n) is 9.84. The number of hydrogen-bond acceptors (Lipinski definition) is 3. The topological polar surface area (TPSA) is 63.5 Å². The van der Waals surface area contributed by atoms with Crippen molar-refractivity contribution in [3.8, 4) is 11.4 Å². The lowest BCUT2D eigenvalue weighted by Gasteiger charge is -2.11. The Morgan fingerprint density at radius 2 is 1.66 bits per heavy atom. The molecule has 0 aliphatic heterocycles. The van der Waals surface area contributed by atoms with E-state index in [2.05, 4.69) is 5.32 Å². The SMILES string of the molecule is Cc1c(CNCc2ccc(OC(C)C)cc2)c(C(=O)O)c(C)n1-c1ccccc1. The molecule has 5 heteroatoms. The molecule has 0 radical (unpaired) electrons. The predicted molar refractivity (Wildman–Crippen MR) is 115 cm³/mol. The lowest BCUT2D eigenvalue weighted by molar-refractivity contribution is 0.0695. The molecule has 0 unspecified atom stereocenters. The van der Waals surface area contributed by atoms with E-state index in [-0.39, 0.29) is 6.10 Å². The van der Waals surface area contributed by atoms with Crippen LogP contribution in [0.3, 0.4) is 0 Å². The lowest BCUT2D eigenvalue weighted by Crippen LogP contribution is -2.15. The zero-order valence-electron chi connectivity index (χ0n) is 17.4. The van der Waals surface area contributed by atoms with E-state index < -0.39 is 5.97 Å². The largest absolute Gasteiger partial charge is 0.491 e. The molecule has 0 saturated carbocycles. The Labute approximate surface area is 172 Å². The van der Waals surface area contributed by atoms with Crippen molar-refractivity contribution in [2.75, 3.05) is 0 Å². The van der Waals surface area contributed by atoms with Gasteiger partial charge in [0.1, 0.15) is 5.75 Å². The molecule has 29 heavy (non-hydrogen) atoms. The second kappa shape index (κ2) is 8.97. The van der Waals surface area contributed by atoms with Crippen LogP contribution in [0, 0.1) is 13.8 Å². The number of aromatic nitrogens is 1. The van der Waals surface area contributed by atoms with Crippen LogP contribution >= 0.6 is 0 Å². The number of benzene rings is 2. The molecule has 0 amide bonds. The maximum absolute atomic E-state index is 11.9.